The SMILES string of the molecule is C[C@H](C[C@H](N)[C@H](Cc1ccccc1)NC(=O)C(C)(C)N1CCN(CC2CC2)S(=O)(=O)C1)C(=O)Nc1ccc(F)cc1. The molecule has 0 bridgehead atoms. The molecule has 0 aromatic heterocycles. The van der Waals surface area contributed by atoms with Crippen molar-refractivity contribution in [2.24, 2.45) is 17.6 Å². The van der Waals surface area contributed by atoms with Crippen molar-refractivity contribution in [3.05, 3.63) is 66.0 Å². The van der Waals surface area contributed by atoms with Crippen LogP contribution in [0.25, 0.3) is 0 Å². The summed E-state index contributed by atoms with van der Waals surface area (Å²) >= 11 is 0. The maximum Gasteiger partial charge on any atom is 0.240 e. The second kappa shape index (κ2) is 13.0. The third-order valence-electron chi connectivity index (χ3n) is 8.15. The van der Waals surface area contributed by atoms with Gasteiger partial charge in [0.25, 0.3) is 0 Å². The summed E-state index contributed by atoms with van der Waals surface area (Å²) in [5.74, 6) is -1.21. The minimum Gasteiger partial charge on any atom is -0.350 e. The van der Waals surface area contributed by atoms with Gasteiger partial charge in [-0.3, -0.25) is 14.5 Å². The van der Waals surface area contributed by atoms with Crippen molar-refractivity contribution >= 4 is 27.5 Å². The number of nitrogens with two attached hydrogens (primary N) is 1. The van der Waals surface area contributed by atoms with Crippen molar-refractivity contribution in [3.8, 4) is 0 Å². The van der Waals surface area contributed by atoms with Gasteiger partial charge in [0.2, 0.25) is 21.8 Å². The smallest absolute Gasteiger partial charge is 0.240 e. The lowest BCUT2D eigenvalue weighted by Gasteiger charge is -2.43. The average molecular weight is 588 g/mol. The number of hydrogen-bond donors (Lipinski definition) is 3. The number of carbonyl (C=O) groups excluding carboxylic acids is 2. The van der Waals surface area contributed by atoms with Crippen molar-refractivity contribution in [1.82, 2.24) is 14.5 Å². The Balaban J connectivity index is 1.43. The highest BCUT2D eigenvalue weighted by Gasteiger charge is 2.43. The van der Waals surface area contributed by atoms with Gasteiger partial charge in [-0.1, -0.05) is 37.3 Å². The Morgan fingerprint density at radius 3 is 2.34 bits per heavy atom. The highest BCUT2D eigenvalue weighted by atomic mass is 32.2. The molecular weight excluding hydrogens is 545 g/mol. The Kier molecular flexibility index (Phi) is 9.84. The van der Waals surface area contributed by atoms with Crippen LogP contribution in [0.2, 0.25) is 0 Å². The standard InChI is InChI=1S/C30H42FN5O4S/c1-21(28(37)33-25-13-11-24(31)12-14-25)17-26(32)27(18-22-7-5-4-6-8-22)34-29(38)30(2,3)35-15-16-36(19-23-9-10-23)41(39,40)20-35/h4-8,11-14,21,23,26-27H,9-10,15-20,32H2,1-3H3,(H,33,37)(H,34,38)/t21-,26+,27+/m1/s1. The quantitative estimate of drug-likeness (QED) is 0.351. The van der Waals surface area contributed by atoms with E-state index in [4.69, 9.17) is 5.73 Å². The number of anilines is 1. The molecule has 1 aliphatic carbocycles. The first-order valence-corrected chi connectivity index (χ1v) is 15.9. The van der Waals surface area contributed by atoms with Gasteiger partial charge in [-0.25, -0.2) is 12.8 Å². The molecule has 2 fully saturated rings. The highest BCUT2D eigenvalue weighted by Crippen LogP contribution is 2.32. The van der Waals surface area contributed by atoms with E-state index in [9.17, 15) is 22.4 Å². The summed E-state index contributed by atoms with van der Waals surface area (Å²) < 4.78 is 40.8. The molecule has 0 spiro atoms. The zero-order valence-corrected chi connectivity index (χ0v) is 24.9. The lowest BCUT2D eigenvalue weighted by Crippen LogP contribution is -2.64. The first kappa shape index (κ1) is 31.1. The van der Waals surface area contributed by atoms with Gasteiger partial charge in [0, 0.05) is 43.3 Å². The van der Waals surface area contributed by atoms with E-state index in [-0.39, 0.29) is 17.7 Å². The van der Waals surface area contributed by atoms with E-state index in [1.165, 1.54) is 24.3 Å². The van der Waals surface area contributed by atoms with Crippen molar-refractivity contribution in [2.45, 2.75) is 64.1 Å². The maximum absolute atomic E-state index is 13.7. The molecule has 224 valence electrons. The molecule has 4 rings (SSSR count). The molecule has 0 radical (unpaired) electrons. The largest absolute Gasteiger partial charge is 0.350 e. The summed E-state index contributed by atoms with van der Waals surface area (Å²) in [4.78, 5) is 28.3. The van der Waals surface area contributed by atoms with Crippen LogP contribution in [-0.2, 0) is 26.0 Å². The first-order valence-electron chi connectivity index (χ1n) is 14.2. The van der Waals surface area contributed by atoms with E-state index < -0.39 is 39.4 Å². The normalized spacial score (nSPS) is 20.1. The van der Waals surface area contributed by atoms with Crippen LogP contribution in [0.5, 0.6) is 0 Å². The number of nitrogens with one attached hydrogen (secondary N) is 2. The topological polar surface area (TPSA) is 125 Å². The summed E-state index contributed by atoms with van der Waals surface area (Å²) in [5, 5.41) is 5.88. The summed E-state index contributed by atoms with van der Waals surface area (Å²) in [7, 11) is -3.50. The molecule has 2 aromatic rings. The molecule has 2 aromatic carbocycles. The molecule has 4 N–H and O–H groups in total. The van der Waals surface area contributed by atoms with Crippen LogP contribution in [0.15, 0.2) is 54.6 Å². The van der Waals surface area contributed by atoms with E-state index in [1.54, 1.807) is 30.0 Å². The fourth-order valence-corrected chi connectivity index (χ4v) is 6.90. The maximum atomic E-state index is 13.7. The van der Waals surface area contributed by atoms with Gasteiger partial charge < -0.3 is 16.4 Å². The van der Waals surface area contributed by atoms with Crippen LogP contribution in [-0.4, -0.2) is 72.6 Å². The van der Waals surface area contributed by atoms with Crippen molar-refractivity contribution in [2.75, 3.05) is 30.8 Å². The second-order valence-electron chi connectivity index (χ2n) is 11.9. The van der Waals surface area contributed by atoms with Gasteiger partial charge in [-0.2, -0.15) is 4.31 Å². The number of nitrogens with zero attached hydrogens (tertiary/aromatic N) is 2. The van der Waals surface area contributed by atoms with Crippen LogP contribution in [0.1, 0.15) is 45.6 Å². The molecule has 1 aliphatic heterocycles. The fraction of sp³-hybridized carbons (Fsp3) is 0.533. The molecule has 11 heteroatoms. The van der Waals surface area contributed by atoms with E-state index in [0.29, 0.717) is 44.1 Å². The molecule has 1 saturated heterocycles. The Bertz CT molecular complexity index is 1300. The highest BCUT2D eigenvalue weighted by molar-refractivity contribution is 7.89. The van der Waals surface area contributed by atoms with Gasteiger partial charge in [-0.05, 0) is 75.3 Å². The number of hydrogen-bond acceptors (Lipinski definition) is 6. The van der Waals surface area contributed by atoms with Crippen LogP contribution in [0.3, 0.4) is 0 Å². The molecule has 2 aliphatic rings. The molecule has 1 saturated carbocycles. The summed E-state index contributed by atoms with van der Waals surface area (Å²) in [6.45, 7) is 6.61. The van der Waals surface area contributed by atoms with E-state index in [0.717, 1.165) is 18.4 Å². The monoisotopic (exact) mass is 587 g/mol. The van der Waals surface area contributed by atoms with Gasteiger partial charge in [0.1, 0.15) is 11.7 Å². The second-order valence-corrected chi connectivity index (χ2v) is 13.9. The average Bonchev–Trinajstić information content (AvgIpc) is 3.75. The predicted molar refractivity (Wildman–Crippen MR) is 158 cm³/mol. The third kappa shape index (κ3) is 8.34. The first-order chi connectivity index (χ1) is 19.3. The molecule has 1 heterocycles. The van der Waals surface area contributed by atoms with Gasteiger partial charge in [0.15, 0.2) is 0 Å². The number of halogens is 1. The number of carbonyl (C=O) groups is 2. The van der Waals surface area contributed by atoms with E-state index in [1.807, 2.05) is 30.3 Å². The number of benzene rings is 2. The number of rotatable bonds is 12. The summed E-state index contributed by atoms with van der Waals surface area (Å²) in [6.07, 6.45) is 2.88. The number of amides is 2. The van der Waals surface area contributed by atoms with Crippen LogP contribution in [0.4, 0.5) is 10.1 Å². The summed E-state index contributed by atoms with van der Waals surface area (Å²) in [6, 6.07) is 14.1. The summed E-state index contributed by atoms with van der Waals surface area (Å²) in [5.41, 5.74) is 7.01. The van der Waals surface area contributed by atoms with Crippen LogP contribution >= 0.6 is 0 Å². The van der Waals surface area contributed by atoms with Crippen molar-refractivity contribution < 1.29 is 22.4 Å². The fourth-order valence-electron chi connectivity index (χ4n) is 5.09. The zero-order valence-electron chi connectivity index (χ0n) is 24.1. The van der Waals surface area contributed by atoms with Gasteiger partial charge in [-0.15, -0.1) is 0 Å². The van der Waals surface area contributed by atoms with Crippen LogP contribution < -0.4 is 16.4 Å². The van der Waals surface area contributed by atoms with Gasteiger partial charge in [0.05, 0.1) is 5.54 Å². The predicted octanol–water partition coefficient (Wildman–Crippen LogP) is 2.94. The molecule has 0 unspecified atom stereocenters. The van der Waals surface area contributed by atoms with Crippen molar-refractivity contribution in [3.63, 3.8) is 0 Å². The molecule has 9 nitrogen and oxygen atoms in total. The molecule has 41 heavy (non-hydrogen) atoms. The Hall–Kier alpha value is -2.86. The Morgan fingerprint density at radius 2 is 1.73 bits per heavy atom. The lowest BCUT2D eigenvalue weighted by molar-refractivity contribution is -0.132. The lowest BCUT2D eigenvalue weighted by atomic mass is 9.91. The van der Waals surface area contributed by atoms with Crippen molar-refractivity contribution in [1.29, 1.82) is 0 Å². The third-order valence-corrected chi connectivity index (χ3v) is 9.91. The Morgan fingerprint density at radius 1 is 1.07 bits per heavy atom. The minimum atomic E-state index is -3.50. The van der Waals surface area contributed by atoms with E-state index in [2.05, 4.69) is 10.6 Å². The minimum absolute atomic E-state index is 0.212. The van der Waals surface area contributed by atoms with E-state index >= 15 is 0 Å². The van der Waals surface area contributed by atoms with Gasteiger partial charge >= 0.3 is 0 Å². The van der Waals surface area contributed by atoms with Crippen LogP contribution in [0, 0.1) is 17.7 Å². The number of sulfonamides is 1. The Labute approximate surface area is 242 Å². The molecular formula is C30H42FN5O4S. The molecule has 3 atom stereocenters. The molecule has 2 amide bonds. The zero-order chi connectivity index (χ0) is 29.8.